The molecular formula is C39H50N12O3. The van der Waals surface area contributed by atoms with Gasteiger partial charge in [-0.05, 0) is 64.4 Å². The first-order valence-electron chi connectivity index (χ1n) is 18.5. The van der Waals surface area contributed by atoms with Crippen LogP contribution in [-0.2, 0) is 16.1 Å². The van der Waals surface area contributed by atoms with Crippen molar-refractivity contribution >= 4 is 29.5 Å². The topological polar surface area (TPSA) is 204 Å². The molecule has 2 aromatic heterocycles. The molecule has 2 aliphatic heterocycles. The number of pyridine rings is 1. The Morgan fingerprint density at radius 2 is 1.81 bits per heavy atom. The van der Waals surface area contributed by atoms with Gasteiger partial charge in [-0.1, -0.05) is 25.1 Å². The highest BCUT2D eigenvalue weighted by Crippen LogP contribution is 2.49. The van der Waals surface area contributed by atoms with Crippen LogP contribution in [-0.4, -0.2) is 89.5 Å². The van der Waals surface area contributed by atoms with Crippen molar-refractivity contribution in [3.63, 3.8) is 0 Å². The third-order valence-electron chi connectivity index (χ3n) is 9.92. The summed E-state index contributed by atoms with van der Waals surface area (Å²) < 4.78 is 2.17. The van der Waals surface area contributed by atoms with E-state index in [0.717, 1.165) is 79.7 Å². The van der Waals surface area contributed by atoms with Crippen molar-refractivity contribution in [1.82, 2.24) is 35.2 Å². The first-order chi connectivity index (χ1) is 26.0. The van der Waals surface area contributed by atoms with Crippen molar-refractivity contribution in [3.8, 4) is 17.2 Å². The minimum absolute atomic E-state index is 0.00948. The third-order valence-corrected chi connectivity index (χ3v) is 9.92. The zero-order valence-corrected chi connectivity index (χ0v) is 31.4. The van der Waals surface area contributed by atoms with Gasteiger partial charge in [0.2, 0.25) is 5.91 Å². The van der Waals surface area contributed by atoms with Gasteiger partial charge < -0.3 is 32.3 Å². The molecule has 7 rings (SSSR count). The summed E-state index contributed by atoms with van der Waals surface area (Å²) >= 11 is 0. The summed E-state index contributed by atoms with van der Waals surface area (Å²) in [6.45, 7) is 5.02. The minimum Gasteiger partial charge on any atom is -0.393 e. The zero-order chi connectivity index (χ0) is 38.5. The van der Waals surface area contributed by atoms with Crippen LogP contribution >= 0.6 is 0 Å². The predicted octanol–water partition coefficient (Wildman–Crippen LogP) is 2.97. The van der Waals surface area contributed by atoms with Crippen molar-refractivity contribution < 1.29 is 14.4 Å². The number of rotatable bonds is 13. The maximum atomic E-state index is 13.1. The van der Waals surface area contributed by atoms with Crippen molar-refractivity contribution in [2.24, 2.45) is 17.4 Å². The number of carbonyl (C=O) groups is 3. The molecule has 284 valence electrons. The number of benzene rings is 1. The molecule has 1 aromatic carbocycles. The monoisotopic (exact) mass is 734 g/mol. The van der Waals surface area contributed by atoms with E-state index in [2.05, 4.69) is 55.5 Å². The van der Waals surface area contributed by atoms with Crippen molar-refractivity contribution in [1.29, 1.82) is 5.26 Å². The molecule has 7 N–H and O–H groups in total. The van der Waals surface area contributed by atoms with Crippen LogP contribution in [0, 0.1) is 17.2 Å². The highest BCUT2D eigenvalue weighted by atomic mass is 16.2. The van der Waals surface area contributed by atoms with E-state index in [9.17, 15) is 14.4 Å². The van der Waals surface area contributed by atoms with Gasteiger partial charge >= 0.3 is 0 Å². The minimum atomic E-state index is -0.382. The van der Waals surface area contributed by atoms with Gasteiger partial charge in [0.25, 0.3) is 5.91 Å². The van der Waals surface area contributed by atoms with Crippen LogP contribution < -0.4 is 32.3 Å². The van der Waals surface area contributed by atoms with Crippen LogP contribution in [0.1, 0.15) is 73.0 Å². The fraction of sp³-hybridized carbons (Fsp3) is 0.436. The Morgan fingerprint density at radius 1 is 1.07 bits per heavy atom. The number of anilines is 2. The maximum absolute atomic E-state index is 13.1. The highest BCUT2D eigenvalue weighted by molar-refractivity contribution is 5.96. The van der Waals surface area contributed by atoms with Gasteiger partial charge in [0.1, 0.15) is 17.2 Å². The first kappa shape index (κ1) is 38.0. The number of allylic oxidation sites excluding steroid dienone is 1. The lowest BCUT2D eigenvalue weighted by Crippen LogP contribution is -2.48. The fourth-order valence-corrected chi connectivity index (χ4v) is 6.82. The lowest BCUT2D eigenvalue weighted by molar-refractivity contribution is -0.121. The van der Waals surface area contributed by atoms with Crippen LogP contribution in [0.4, 0.5) is 11.4 Å². The molecule has 2 saturated carbocycles. The molecule has 2 aliphatic carbocycles. The van der Waals surface area contributed by atoms with Crippen LogP contribution in [0.3, 0.4) is 0 Å². The highest BCUT2D eigenvalue weighted by Gasteiger charge is 2.38. The van der Waals surface area contributed by atoms with Gasteiger partial charge in [-0.15, -0.1) is 0 Å². The summed E-state index contributed by atoms with van der Waals surface area (Å²) in [5.74, 6) is -0.419. The van der Waals surface area contributed by atoms with Crippen molar-refractivity contribution in [2.45, 2.75) is 63.7 Å². The summed E-state index contributed by atoms with van der Waals surface area (Å²) in [6, 6.07) is 13.9. The van der Waals surface area contributed by atoms with Crippen LogP contribution in [0.5, 0.6) is 0 Å². The molecule has 4 heterocycles. The van der Waals surface area contributed by atoms with Crippen LogP contribution in [0.25, 0.3) is 11.1 Å². The molecule has 0 radical (unpaired) electrons. The lowest BCUT2D eigenvalue weighted by atomic mass is 9.91. The Kier molecular flexibility index (Phi) is 11.6. The number of para-hydroxylation sites is 1. The Balaban J connectivity index is 0.000000767. The van der Waals surface area contributed by atoms with Gasteiger partial charge in [-0.2, -0.15) is 10.4 Å². The van der Waals surface area contributed by atoms with Gasteiger partial charge in [-0.25, -0.2) is 4.98 Å². The lowest BCUT2D eigenvalue weighted by Gasteiger charge is -2.43. The molecule has 0 bridgehead atoms. The van der Waals surface area contributed by atoms with E-state index in [4.69, 9.17) is 21.8 Å². The Bertz CT molecular complexity index is 1980. The number of aldehydes is 1. The molecular weight excluding hydrogens is 685 g/mol. The molecule has 4 aliphatic rings. The third kappa shape index (κ3) is 8.73. The standard InChI is InChI=1S/C35H42N10O3.C4H8N2/c1-3-29-33-26(15-38-45(33)24-17-44(18-24)16-22-6-4-7-23(19-46)39-22)25-8-5-9-27(32(25)43(29)2)41-28(31(37)35(48)40-21-12-13-21)14-30(36)42-34(47)20-10-11-20;1-6(2)4-3-5/h4-9,14-15,19-21,24,29,41H,3,10-13,16-18,36-37H2,1-2H3,(H,40,48)(H,42,47);4H2,1-2H3/b30-14+,31-28+;. The second kappa shape index (κ2) is 16.5. The summed E-state index contributed by atoms with van der Waals surface area (Å²) in [7, 11) is 5.80. The van der Waals surface area contributed by atoms with Crippen molar-refractivity contribution in [2.75, 3.05) is 51.0 Å². The molecule has 15 heteroatoms. The maximum Gasteiger partial charge on any atom is 0.269 e. The average Bonchev–Trinajstić information content (AvgIpc) is 4.08. The van der Waals surface area contributed by atoms with Crippen LogP contribution in [0.2, 0.25) is 0 Å². The number of amides is 2. The van der Waals surface area contributed by atoms with E-state index in [1.54, 1.807) is 6.07 Å². The second-order valence-electron chi connectivity index (χ2n) is 14.6. The van der Waals surface area contributed by atoms with E-state index in [1.807, 2.05) is 55.5 Å². The number of carbonyl (C=O) groups excluding carboxylic acids is 3. The molecule has 15 nitrogen and oxygen atoms in total. The molecule has 0 spiro atoms. The zero-order valence-electron chi connectivity index (χ0n) is 31.4. The number of nitrogens with two attached hydrogens (primary N) is 2. The van der Waals surface area contributed by atoms with E-state index in [1.165, 1.54) is 11.8 Å². The molecule has 2 amide bonds. The number of hydrogen-bond donors (Lipinski definition) is 5. The molecule has 1 unspecified atom stereocenters. The number of nitrogens with zero attached hydrogens (tertiary/aromatic N) is 7. The smallest absolute Gasteiger partial charge is 0.269 e. The average molecular weight is 735 g/mol. The summed E-state index contributed by atoms with van der Waals surface area (Å²) in [5.41, 5.74) is 19.3. The van der Waals surface area contributed by atoms with Crippen molar-refractivity contribution in [3.05, 3.63) is 83.0 Å². The summed E-state index contributed by atoms with van der Waals surface area (Å²) in [5, 5.41) is 22.0. The molecule has 3 aromatic rings. The van der Waals surface area contributed by atoms with Gasteiger partial charge in [0.05, 0.1) is 59.4 Å². The predicted molar refractivity (Wildman–Crippen MR) is 206 cm³/mol. The first-order valence-corrected chi connectivity index (χ1v) is 18.5. The Hall–Kier alpha value is -5.72. The van der Waals surface area contributed by atoms with Gasteiger partial charge in [0.15, 0.2) is 6.29 Å². The number of fused-ring (bicyclic) bond motifs is 3. The Morgan fingerprint density at radius 3 is 2.44 bits per heavy atom. The summed E-state index contributed by atoms with van der Waals surface area (Å²) in [6.07, 6.45) is 8.64. The quantitative estimate of drug-likeness (QED) is 0.0745. The number of aromatic nitrogens is 3. The van der Waals surface area contributed by atoms with E-state index in [0.29, 0.717) is 24.5 Å². The van der Waals surface area contributed by atoms with E-state index >= 15 is 0 Å². The molecule has 54 heavy (non-hydrogen) atoms. The van der Waals surface area contributed by atoms with E-state index < -0.39 is 0 Å². The van der Waals surface area contributed by atoms with Gasteiger partial charge in [0, 0.05) is 55.8 Å². The Labute approximate surface area is 316 Å². The second-order valence-corrected chi connectivity index (χ2v) is 14.6. The molecule has 3 fully saturated rings. The summed E-state index contributed by atoms with van der Waals surface area (Å²) in [4.78, 5) is 47.5. The molecule has 1 atom stereocenters. The number of hydrogen-bond acceptors (Lipinski definition) is 12. The normalized spacial score (nSPS) is 18.6. The SMILES string of the molecule is CCC1c2c(cnn2C2CN(Cc3cccc(C=O)n3)C2)-c2cccc(NC(/C=C(\N)NC(=O)C3CC3)=C(/N)C(=O)NC3CC3)c2N1C.CN(C)CC#N. The van der Waals surface area contributed by atoms with Crippen LogP contribution in [0.15, 0.2) is 65.9 Å². The van der Waals surface area contributed by atoms with Gasteiger partial charge in [-0.3, -0.25) is 28.9 Å². The molecule has 1 saturated heterocycles. The number of nitrogens with one attached hydrogen (secondary N) is 3. The largest absolute Gasteiger partial charge is 0.393 e. The number of nitriles is 1. The van der Waals surface area contributed by atoms with E-state index in [-0.39, 0.29) is 47.4 Å². The fourth-order valence-electron chi connectivity index (χ4n) is 6.82. The number of likely N-dealkylation sites (tertiary alicyclic amines) is 1.